The number of aromatic nitrogens is 1. The van der Waals surface area contributed by atoms with Gasteiger partial charge in [-0.2, -0.15) is 0 Å². The van der Waals surface area contributed by atoms with Crippen LogP contribution in [0.1, 0.15) is 18.4 Å². The van der Waals surface area contributed by atoms with Gasteiger partial charge < -0.3 is 23.8 Å². The summed E-state index contributed by atoms with van der Waals surface area (Å²) in [7, 11) is 1.70. The summed E-state index contributed by atoms with van der Waals surface area (Å²) in [6, 6.07) is 6.18. The van der Waals surface area contributed by atoms with Crippen molar-refractivity contribution in [2.24, 2.45) is 4.99 Å². The first-order valence-electron chi connectivity index (χ1n) is 9.61. The summed E-state index contributed by atoms with van der Waals surface area (Å²) in [4.78, 5) is 12.0. The summed E-state index contributed by atoms with van der Waals surface area (Å²) in [5.74, 6) is 1.55. The third-order valence-electron chi connectivity index (χ3n) is 5.16. The molecule has 0 spiro atoms. The van der Waals surface area contributed by atoms with Crippen LogP contribution in [0.4, 0.5) is 0 Å². The predicted molar refractivity (Wildman–Crippen MR) is 107 cm³/mol. The van der Waals surface area contributed by atoms with E-state index >= 15 is 0 Å². The first-order valence-corrected chi connectivity index (χ1v) is 10.4. The van der Waals surface area contributed by atoms with E-state index in [0.717, 1.165) is 65.1 Å². The second kappa shape index (κ2) is 7.77. The number of fused-ring (bicyclic) bond motifs is 3. The van der Waals surface area contributed by atoms with Gasteiger partial charge in [-0.05, 0) is 36.7 Å². The van der Waals surface area contributed by atoms with Crippen LogP contribution < -0.4 is 9.47 Å². The maximum Gasteiger partial charge on any atom is 0.231 e. The molecular formula is C20H23N3O4S. The van der Waals surface area contributed by atoms with Crippen molar-refractivity contribution < 1.29 is 18.9 Å². The minimum absolute atomic E-state index is 0.269. The number of aliphatic imine (C=N–C) groups is 1. The largest absolute Gasteiger partial charge is 0.454 e. The molecule has 0 radical (unpaired) electrons. The van der Waals surface area contributed by atoms with Gasteiger partial charge in [0.05, 0.1) is 24.8 Å². The molecule has 8 heteroatoms. The van der Waals surface area contributed by atoms with E-state index in [2.05, 4.69) is 11.0 Å². The van der Waals surface area contributed by atoms with Crippen molar-refractivity contribution in [3.8, 4) is 11.5 Å². The van der Waals surface area contributed by atoms with Crippen LogP contribution in [-0.4, -0.2) is 61.4 Å². The van der Waals surface area contributed by atoms with E-state index in [4.69, 9.17) is 28.9 Å². The van der Waals surface area contributed by atoms with E-state index in [1.54, 1.807) is 18.9 Å². The Bertz CT molecular complexity index is 914. The van der Waals surface area contributed by atoms with Gasteiger partial charge in [-0.1, -0.05) is 0 Å². The Balaban J connectivity index is 1.47. The van der Waals surface area contributed by atoms with Crippen LogP contribution in [0.5, 0.6) is 11.5 Å². The van der Waals surface area contributed by atoms with Crippen LogP contribution >= 0.6 is 11.8 Å². The number of benzene rings is 1. The van der Waals surface area contributed by atoms with E-state index in [0.29, 0.717) is 13.2 Å². The van der Waals surface area contributed by atoms with Crippen LogP contribution in [-0.2, 0) is 16.0 Å². The fourth-order valence-corrected chi connectivity index (χ4v) is 4.75. The summed E-state index contributed by atoms with van der Waals surface area (Å²) in [6.07, 6.45) is 2.52. The first-order chi connectivity index (χ1) is 13.8. The Morgan fingerprint density at radius 1 is 1.29 bits per heavy atom. The summed E-state index contributed by atoms with van der Waals surface area (Å²) in [5.41, 5.74) is 2.12. The number of rotatable bonds is 5. The Kier molecular flexibility index (Phi) is 5.00. The topological polar surface area (TPSA) is 65.4 Å². The summed E-state index contributed by atoms with van der Waals surface area (Å²) in [5, 5.41) is 3.07. The van der Waals surface area contributed by atoms with Crippen LogP contribution in [0, 0.1) is 0 Å². The molecule has 0 bridgehead atoms. The third kappa shape index (κ3) is 3.52. The zero-order valence-electron chi connectivity index (χ0n) is 15.8. The van der Waals surface area contributed by atoms with Gasteiger partial charge in [0.25, 0.3) is 0 Å². The van der Waals surface area contributed by atoms with Gasteiger partial charge in [-0.3, -0.25) is 4.99 Å². The Morgan fingerprint density at radius 2 is 2.18 bits per heavy atom. The zero-order chi connectivity index (χ0) is 18.9. The molecule has 4 heterocycles. The monoisotopic (exact) mass is 401 g/mol. The molecule has 2 aromatic rings. The van der Waals surface area contributed by atoms with Crippen molar-refractivity contribution >= 4 is 27.8 Å². The van der Waals surface area contributed by atoms with E-state index in [1.165, 1.54) is 5.56 Å². The van der Waals surface area contributed by atoms with Crippen LogP contribution in [0.2, 0.25) is 0 Å². The highest BCUT2D eigenvalue weighted by atomic mass is 32.2. The molecular weight excluding hydrogens is 378 g/mol. The lowest BCUT2D eigenvalue weighted by Gasteiger charge is -2.32. The average molecular weight is 401 g/mol. The molecule has 0 saturated carbocycles. The minimum atomic E-state index is 0.269. The fraction of sp³-hybridized carbons (Fsp3) is 0.500. The molecule has 0 amide bonds. The van der Waals surface area contributed by atoms with Gasteiger partial charge in [0.1, 0.15) is 5.03 Å². The van der Waals surface area contributed by atoms with E-state index in [1.807, 2.05) is 12.1 Å². The lowest BCUT2D eigenvalue weighted by molar-refractivity contribution is 0.0902. The number of nitrogens with zero attached hydrogens (tertiary/aromatic N) is 3. The number of hydrogen-bond donors (Lipinski definition) is 0. The Hall–Kier alpha value is -2.03. The Labute approximate surface area is 168 Å². The highest BCUT2D eigenvalue weighted by molar-refractivity contribution is 8.13. The van der Waals surface area contributed by atoms with Gasteiger partial charge >= 0.3 is 0 Å². The SMILES string of the molecule is COCCN=C1Sc2nc3cc4c(cc3cc2CN1C[C@H]1CCCO1)OCO4. The summed E-state index contributed by atoms with van der Waals surface area (Å²) < 4.78 is 22.1. The van der Waals surface area contributed by atoms with Gasteiger partial charge in [-0.15, -0.1) is 0 Å². The van der Waals surface area contributed by atoms with Crippen molar-refractivity contribution in [3.05, 3.63) is 23.8 Å². The molecule has 0 unspecified atom stereocenters. The highest BCUT2D eigenvalue weighted by Crippen LogP contribution is 2.39. The molecule has 148 valence electrons. The number of ether oxygens (including phenoxy) is 4. The summed E-state index contributed by atoms with van der Waals surface area (Å²) >= 11 is 1.63. The lowest BCUT2D eigenvalue weighted by atomic mass is 10.1. The van der Waals surface area contributed by atoms with Crippen molar-refractivity contribution in [3.63, 3.8) is 0 Å². The maximum absolute atomic E-state index is 5.86. The third-order valence-corrected chi connectivity index (χ3v) is 6.28. The van der Waals surface area contributed by atoms with E-state index in [-0.39, 0.29) is 12.9 Å². The molecule has 1 saturated heterocycles. The molecule has 1 fully saturated rings. The fourth-order valence-electron chi connectivity index (χ4n) is 3.76. The highest BCUT2D eigenvalue weighted by Gasteiger charge is 2.28. The first kappa shape index (κ1) is 18.0. The molecule has 3 aliphatic heterocycles. The van der Waals surface area contributed by atoms with Crippen LogP contribution in [0.15, 0.2) is 28.2 Å². The molecule has 1 aromatic heterocycles. The van der Waals surface area contributed by atoms with Crippen LogP contribution in [0.25, 0.3) is 10.9 Å². The van der Waals surface area contributed by atoms with Gasteiger partial charge in [-0.25, -0.2) is 4.98 Å². The molecule has 3 aliphatic rings. The summed E-state index contributed by atoms with van der Waals surface area (Å²) in [6.45, 7) is 4.02. The zero-order valence-corrected chi connectivity index (χ0v) is 16.7. The quantitative estimate of drug-likeness (QED) is 0.714. The van der Waals surface area contributed by atoms with Crippen molar-refractivity contribution in [1.29, 1.82) is 0 Å². The second-order valence-electron chi connectivity index (χ2n) is 7.13. The maximum atomic E-state index is 5.86. The van der Waals surface area contributed by atoms with E-state index in [9.17, 15) is 0 Å². The molecule has 1 atom stereocenters. The number of hydrogen-bond acceptors (Lipinski definition) is 7. The lowest BCUT2D eigenvalue weighted by Crippen LogP contribution is -2.38. The average Bonchev–Trinajstić information content (AvgIpc) is 3.36. The smallest absolute Gasteiger partial charge is 0.231 e. The second-order valence-corrected chi connectivity index (χ2v) is 8.08. The van der Waals surface area contributed by atoms with Gasteiger partial charge in [0.2, 0.25) is 6.79 Å². The van der Waals surface area contributed by atoms with Crippen molar-refractivity contribution in [1.82, 2.24) is 9.88 Å². The van der Waals surface area contributed by atoms with Crippen LogP contribution in [0.3, 0.4) is 0 Å². The van der Waals surface area contributed by atoms with Crippen molar-refractivity contribution in [2.75, 3.05) is 40.2 Å². The normalized spacial score (nSPS) is 22.2. The van der Waals surface area contributed by atoms with Crippen molar-refractivity contribution in [2.45, 2.75) is 30.5 Å². The number of thioether (sulfide) groups is 1. The number of pyridine rings is 1. The minimum Gasteiger partial charge on any atom is -0.454 e. The molecule has 1 aromatic carbocycles. The molecule has 7 nitrogen and oxygen atoms in total. The molecule has 28 heavy (non-hydrogen) atoms. The molecule has 5 rings (SSSR count). The molecule has 0 aliphatic carbocycles. The Morgan fingerprint density at radius 3 is 3.00 bits per heavy atom. The number of methoxy groups -OCH3 is 1. The van der Waals surface area contributed by atoms with Gasteiger partial charge in [0, 0.05) is 43.8 Å². The standard InChI is InChI=1S/C20H23N3O4S/c1-24-6-4-21-20-23(11-15-3-2-5-25-15)10-14-7-13-8-17-18(27-12-26-17)9-16(13)22-19(14)28-20/h7-9,15H,2-6,10-12H2,1H3/t15-/m1/s1. The van der Waals surface area contributed by atoms with E-state index < -0.39 is 0 Å². The van der Waals surface area contributed by atoms with Gasteiger partial charge in [0.15, 0.2) is 16.7 Å². The molecule has 0 N–H and O–H groups in total. The predicted octanol–water partition coefficient (Wildman–Crippen LogP) is 3.05. The number of amidine groups is 1.